The van der Waals surface area contributed by atoms with Crippen LogP contribution in [0.1, 0.15) is 45.4 Å². The van der Waals surface area contributed by atoms with E-state index in [-0.39, 0.29) is 6.10 Å². The Hall–Kier alpha value is -0.120. The summed E-state index contributed by atoms with van der Waals surface area (Å²) in [6, 6.07) is 0. The molecule has 16 heavy (non-hydrogen) atoms. The third-order valence-corrected chi connectivity index (χ3v) is 2.96. The molecule has 0 radical (unpaired) electrons. The predicted molar refractivity (Wildman–Crippen MR) is 66.8 cm³/mol. The highest BCUT2D eigenvalue weighted by atomic mass is 16.6. The molecule has 1 rings (SSSR count). The standard InChI is InChI=1S/C13H27NO2/c1-2-3-4-5-6-7-8-14-11-13-12-15-9-10-16-13/h13-14H,2-12H2,1H3. The first-order valence-corrected chi connectivity index (χ1v) is 6.83. The van der Waals surface area contributed by atoms with E-state index in [0.717, 1.165) is 32.9 Å². The van der Waals surface area contributed by atoms with Crippen molar-refractivity contribution in [2.45, 2.75) is 51.6 Å². The van der Waals surface area contributed by atoms with Gasteiger partial charge in [-0.15, -0.1) is 0 Å². The summed E-state index contributed by atoms with van der Waals surface area (Å²) in [6.07, 6.45) is 8.42. The lowest BCUT2D eigenvalue weighted by molar-refractivity contribution is -0.0863. The van der Waals surface area contributed by atoms with E-state index in [4.69, 9.17) is 9.47 Å². The summed E-state index contributed by atoms with van der Waals surface area (Å²) in [5.74, 6) is 0. The molecule has 1 aliphatic rings. The summed E-state index contributed by atoms with van der Waals surface area (Å²) >= 11 is 0. The van der Waals surface area contributed by atoms with Gasteiger partial charge in [-0.2, -0.15) is 0 Å². The van der Waals surface area contributed by atoms with Crippen molar-refractivity contribution in [1.29, 1.82) is 0 Å². The van der Waals surface area contributed by atoms with Gasteiger partial charge in [0, 0.05) is 6.54 Å². The average Bonchev–Trinajstić information content (AvgIpc) is 2.34. The number of hydrogen-bond acceptors (Lipinski definition) is 3. The van der Waals surface area contributed by atoms with Gasteiger partial charge in [-0.25, -0.2) is 0 Å². The molecule has 1 N–H and O–H groups in total. The number of ether oxygens (including phenoxy) is 2. The Balaban J connectivity index is 1.77. The molecule has 1 atom stereocenters. The van der Waals surface area contributed by atoms with Gasteiger partial charge < -0.3 is 14.8 Å². The molecule has 0 aromatic rings. The number of rotatable bonds is 9. The maximum absolute atomic E-state index is 5.55. The fraction of sp³-hybridized carbons (Fsp3) is 1.00. The first-order valence-electron chi connectivity index (χ1n) is 6.83. The zero-order valence-electron chi connectivity index (χ0n) is 10.7. The van der Waals surface area contributed by atoms with Gasteiger partial charge in [0.15, 0.2) is 0 Å². The molecule has 1 saturated heterocycles. The highest BCUT2D eigenvalue weighted by Gasteiger charge is 2.12. The van der Waals surface area contributed by atoms with Gasteiger partial charge in [-0.1, -0.05) is 39.0 Å². The molecule has 0 aromatic heterocycles. The highest BCUT2D eigenvalue weighted by Crippen LogP contribution is 2.04. The minimum absolute atomic E-state index is 0.272. The first kappa shape index (κ1) is 13.9. The van der Waals surface area contributed by atoms with Gasteiger partial charge in [-0.05, 0) is 13.0 Å². The number of nitrogens with one attached hydrogen (secondary N) is 1. The summed E-state index contributed by atoms with van der Waals surface area (Å²) in [6.45, 7) is 6.58. The molecule has 1 heterocycles. The van der Waals surface area contributed by atoms with Gasteiger partial charge in [0.25, 0.3) is 0 Å². The Labute approximate surface area is 99.9 Å². The van der Waals surface area contributed by atoms with Crippen molar-refractivity contribution >= 4 is 0 Å². The largest absolute Gasteiger partial charge is 0.376 e. The first-order chi connectivity index (χ1) is 7.93. The Morgan fingerprint density at radius 1 is 1.06 bits per heavy atom. The van der Waals surface area contributed by atoms with Crippen LogP contribution in [0.3, 0.4) is 0 Å². The molecule has 0 aliphatic carbocycles. The van der Waals surface area contributed by atoms with Crippen molar-refractivity contribution in [2.24, 2.45) is 0 Å². The highest BCUT2D eigenvalue weighted by molar-refractivity contribution is 4.64. The second-order valence-electron chi connectivity index (χ2n) is 4.54. The van der Waals surface area contributed by atoms with E-state index in [1.807, 2.05) is 0 Å². The Morgan fingerprint density at radius 2 is 1.88 bits per heavy atom. The zero-order valence-corrected chi connectivity index (χ0v) is 10.7. The van der Waals surface area contributed by atoms with Crippen LogP contribution in [0.5, 0.6) is 0 Å². The van der Waals surface area contributed by atoms with Crippen molar-refractivity contribution in [2.75, 3.05) is 32.9 Å². The normalized spacial score (nSPS) is 21.2. The molecule has 1 aliphatic heterocycles. The van der Waals surface area contributed by atoms with Crippen LogP contribution in [0, 0.1) is 0 Å². The van der Waals surface area contributed by atoms with Crippen LogP contribution in [-0.2, 0) is 9.47 Å². The SMILES string of the molecule is CCCCCCCCNCC1COCCO1. The van der Waals surface area contributed by atoms with Crippen LogP contribution in [-0.4, -0.2) is 39.0 Å². The summed E-state index contributed by atoms with van der Waals surface area (Å²) in [5.41, 5.74) is 0. The monoisotopic (exact) mass is 229 g/mol. The van der Waals surface area contributed by atoms with E-state index in [9.17, 15) is 0 Å². The summed E-state index contributed by atoms with van der Waals surface area (Å²) < 4.78 is 10.9. The number of hydrogen-bond donors (Lipinski definition) is 1. The molecule has 0 bridgehead atoms. The maximum Gasteiger partial charge on any atom is 0.0933 e. The maximum atomic E-state index is 5.55. The molecular weight excluding hydrogens is 202 g/mol. The Morgan fingerprint density at radius 3 is 2.62 bits per heavy atom. The van der Waals surface area contributed by atoms with E-state index < -0.39 is 0 Å². The second kappa shape index (κ2) is 10.1. The lowest BCUT2D eigenvalue weighted by Gasteiger charge is -2.23. The molecule has 3 nitrogen and oxygen atoms in total. The van der Waals surface area contributed by atoms with Crippen molar-refractivity contribution in [1.82, 2.24) is 5.32 Å². The molecular formula is C13H27NO2. The molecule has 0 saturated carbocycles. The lowest BCUT2D eigenvalue weighted by Crippen LogP contribution is -2.37. The molecule has 96 valence electrons. The number of unbranched alkanes of at least 4 members (excludes halogenated alkanes) is 5. The summed E-state index contributed by atoms with van der Waals surface area (Å²) in [4.78, 5) is 0. The Bertz CT molecular complexity index is 147. The van der Waals surface area contributed by atoms with Crippen LogP contribution in [0.4, 0.5) is 0 Å². The molecule has 1 fully saturated rings. The quantitative estimate of drug-likeness (QED) is 0.616. The van der Waals surface area contributed by atoms with E-state index in [1.165, 1.54) is 38.5 Å². The molecule has 0 amide bonds. The van der Waals surface area contributed by atoms with Gasteiger partial charge in [0.2, 0.25) is 0 Å². The van der Waals surface area contributed by atoms with Crippen LogP contribution < -0.4 is 5.32 Å². The van der Waals surface area contributed by atoms with Crippen molar-refractivity contribution in [3.8, 4) is 0 Å². The average molecular weight is 229 g/mol. The minimum Gasteiger partial charge on any atom is -0.376 e. The molecule has 1 unspecified atom stereocenters. The smallest absolute Gasteiger partial charge is 0.0933 e. The Kier molecular flexibility index (Phi) is 8.77. The second-order valence-corrected chi connectivity index (χ2v) is 4.54. The fourth-order valence-corrected chi connectivity index (χ4v) is 1.95. The van der Waals surface area contributed by atoms with E-state index in [2.05, 4.69) is 12.2 Å². The van der Waals surface area contributed by atoms with E-state index in [1.54, 1.807) is 0 Å². The van der Waals surface area contributed by atoms with Crippen molar-refractivity contribution < 1.29 is 9.47 Å². The van der Waals surface area contributed by atoms with Crippen LogP contribution >= 0.6 is 0 Å². The third-order valence-electron chi connectivity index (χ3n) is 2.96. The third kappa shape index (κ3) is 7.20. The van der Waals surface area contributed by atoms with Crippen molar-refractivity contribution in [3.63, 3.8) is 0 Å². The molecule has 0 aromatic carbocycles. The van der Waals surface area contributed by atoms with Gasteiger partial charge in [-0.3, -0.25) is 0 Å². The van der Waals surface area contributed by atoms with Crippen LogP contribution in [0.15, 0.2) is 0 Å². The summed E-state index contributed by atoms with van der Waals surface area (Å²) in [7, 11) is 0. The van der Waals surface area contributed by atoms with Gasteiger partial charge in [0.1, 0.15) is 0 Å². The van der Waals surface area contributed by atoms with Crippen molar-refractivity contribution in [3.05, 3.63) is 0 Å². The lowest BCUT2D eigenvalue weighted by atomic mass is 10.1. The zero-order chi connectivity index (χ0) is 11.5. The minimum atomic E-state index is 0.272. The van der Waals surface area contributed by atoms with Gasteiger partial charge >= 0.3 is 0 Å². The van der Waals surface area contributed by atoms with Crippen LogP contribution in [0.25, 0.3) is 0 Å². The molecule has 3 heteroatoms. The fourth-order valence-electron chi connectivity index (χ4n) is 1.95. The topological polar surface area (TPSA) is 30.5 Å². The predicted octanol–water partition coefficient (Wildman–Crippen LogP) is 2.35. The molecule has 0 spiro atoms. The van der Waals surface area contributed by atoms with Gasteiger partial charge in [0.05, 0.1) is 25.9 Å². The van der Waals surface area contributed by atoms with Crippen LogP contribution in [0.2, 0.25) is 0 Å². The van der Waals surface area contributed by atoms with E-state index in [0.29, 0.717) is 0 Å². The summed E-state index contributed by atoms with van der Waals surface area (Å²) in [5, 5.41) is 3.44. The van der Waals surface area contributed by atoms with E-state index >= 15 is 0 Å².